The number of methoxy groups -OCH3 is 1. The monoisotopic (exact) mass is 270 g/mol. The Labute approximate surface area is 116 Å². The van der Waals surface area contributed by atoms with Crippen molar-refractivity contribution < 1.29 is 19.0 Å². The maximum atomic E-state index is 11.1. The maximum absolute atomic E-state index is 11.1. The van der Waals surface area contributed by atoms with Crippen molar-refractivity contribution in [2.45, 2.75) is 45.8 Å². The first-order valence-electron chi connectivity index (χ1n) is 6.98. The van der Waals surface area contributed by atoms with E-state index in [4.69, 9.17) is 9.47 Å². The molecule has 0 bridgehead atoms. The smallest absolute Gasteiger partial charge is 0.309 e. The van der Waals surface area contributed by atoms with Crippen molar-refractivity contribution in [3.63, 3.8) is 0 Å². The molecule has 1 rings (SSSR count). The molecule has 0 aromatic heterocycles. The predicted molar refractivity (Wildman–Crippen MR) is 73.6 cm³/mol. The van der Waals surface area contributed by atoms with E-state index in [0.29, 0.717) is 31.5 Å². The summed E-state index contributed by atoms with van der Waals surface area (Å²) in [5.74, 6) is 0.324. The molecule has 0 radical (unpaired) electrons. The van der Waals surface area contributed by atoms with Crippen molar-refractivity contribution in [2.75, 3.05) is 20.3 Å². The molecule has 0 aromatic rings. The van der Waals surface area contributed by atoms with E-state index in [1.807, 2.05) is 13.0 Å². The van der Waals surface area contributed by atoms with Crippen LogP contribution in [0.3, 0.4) is 0 Å². The van der Waals surface area contributed by atoms with Crippen LogP contribution in [0, 0.1) is 11.8 Å². The summed E-state index contributed by atoms with van der Waals surface area (Å²) < 4.78 is 15.8. The van der Waals surface area contributed by atoms with Gasteiger partial charge in [0.2, 0.25) is 0 Å². The molecule has 110 valence electrons. The highest BCUT2D eigenvalue weighted by Gasteiger charge is 2.31. The van der Waals surface area contributed by atoms with Crippen LogP contribution in [0.4, 0.5) is 0 Å². The van der Waals surface area contributed by atoms with Gasteiger partial charge in [-0.25, -0.2) is 0 Å². The van der Waals surface area contributed by atoms with Gasteiger partial charge in [0.1, 0.15) is 0 Å². The van der Waals surface area contributed by atoms with Crippen LogP contribution in [0.15, 0.2) is 12.2 Å². The number of esters is 1. The number of hydrogen-bond acceptors (Lipinski definition) is 4. The van der Waals surface area contributed by atoms with Gasteiger partial charge in [0.15, 0.2) is 5.79 Å². The first-order chi connectivity index (χ1) is 8.97. The highest BCUT2D eigenvalue weighted by molar-refractivity contribution is 5.70. The van der Waals surface area contributed by atoms with Crippen molar-refractivity contribution in [3.8, 4) is 0 Å². The second-order valence-electron chi connectivity index (χ2n) is 5.49. The van der Waals surface area contributed by atoms with Gasteiger partial charge in [-0.05, 0) is 25.2 Å². The molecule has 1 aliphatic heterocycles. The van der Waals surface area contributed by atoms with Crippen molar-refractivity contribution in [1.29, 1.82) is 0 Å². The van der Waals surface area contributed by atoms with Crippen LogP contribution in [0.2, 0.25) is 0 Å². The summed E-state index contributed by atoms with van der Waals surface area (Å²) in [7, 11) is 1.41. The van der Waals surface area contributed by atoms with Crippen LogP contribution in [-0.4, -0.2) is 32.1 Å². The normalized spacial score (nSPS) is 20.1. The first kappa shape index (κ1) is 16.2. The van der Waals surface area contributed by atoms with Gasteiger partial charge in [0, 0.05) is 6.42 Å². The minimum atomic E-state index is -0.427. The molecule has 19 heavy (non-hydrogen) atoms. The highest BCUT2D eigenvalue weighted by atomic mass is 16.7. The molecule has 0 N–H and O–H groups in total. The fourth-order valence-electron chi connectivity index (χ4n) is 2.20. The Morgan fingerprint density at radius 1 is 1.37 bits per heavy atom. The third kappa shape index (κ3) is 5.74. The summed E-state index contributed by atoms with van der Waals surface area (Å²) in [6.45, 7) is 7.73. The van der Waals surface area contributed by atoms with Crippen molar-refractivity contribution >= 4 is 5.97 Å². The minimum absolute atomic E-state index is 0.201. The van der Waals surface area contributed by atoms with Crippen LogP contribution in [0.5, 0.6) is 0 Å². The van der Waals surface area contributed by atoms with Crippen LogP contribution < -0.4 is 0 Å². The van der Waals surface area contributed by atoms with Gasteiger partial charge in [0.25, 0.3) is 0 Å². The van der Waals surface area contributed by atoms with E-state index >= 15 is 0 Å². The number of carbonyl (C=O) groups excluding carboxylic acids is 1. The number of rotatable bonds is 7. The topological polar surface area (TPSA) is 44.8 Å². The Hall–Kier alpha value is -0.870. The van der Waals surface area contributed by atoms with Gasteiger partial charge >= 0.3 is 5.97 Å². The van der Waals surface area contributed by atoms with E-state index in [2.05, 4.69) is 24.7 Å². The summed E-state index contributed by atoms with van der Waals surface area (Å²) in [4.78, 5) is 11.1. The van der Waals surface area contributed by atoms with Crippen molar-refractivity contribution in [3.05, 3.63) is 12.2 Å². The first-order valence-corrected chi connectivity index (χ1v) is 6.98. The average molecular weight is 270 g/mol. The van der Waals surface area contributed by atoms with Gasteiger partial charge < -0.3 is 14.2 Å². The Morgan fingerprint density at radius 3 is 2.53 bits per heavy atom. The molecule has 1 heterocycles. The second kappa shape index (κ2) is 7.65. The Balaban J connectivity index is 2.42. The molecule has 1 atom stereocenters. The molecule has 0 unspecified atom stereocenters. The molecule has 0 amide bonds. The maximum Gasteiger partial charge on any atom is 0.309 e. The molecule has 4 nitrogen and oxygen atoms in total. The van der Waals surface area contributed by atoms with E-state index in [1.165, 1.54) is 7.11 Å². The molecular formula is C15H26O4. The number of ether oxygens (including phenoxy) is 3. The molecule has 0 saturated carbocycles. The second-order valence-corrected chi connectivity index (χ2v) is 5.49. The number of carbonyl (C=O) groups is 1. The lowest BCUT2D eigenvalue weighted by molar-refractivity contribution is -0.149. The lowest BCUT2D eigenvalue weighted by Crippen LogP contribution is -2.26. The quantitative estimate of drug-likeness (QED) is 0.527. The van der Waals surface area contributed by atoms with E-state index in [1.54, 1.807) is 0 Å². The fourth-order valence-corrected chi connectivity index (χ4v) is 2.20. The van der Waals surface area contributed by atoms with Gasteiger partial charge in [-0.1, -0.05) is 26.0 Å². The number of hydrogen-bond donors (Lipinski definition) is 0. The zero-order chi connectivity index (χ0) is 14.3. The summed E-state index contributed by atoms with van der Waals surface area (Å²) in [6.07, 6.45) is 6.21. The van der Waals surface area contributed by atoms with Crippen molar-refractivity contribution in [1.82, 2.24) is 0 Å². The van der Waals surface area contributed by atoms with E-state index < -0.39 is 5.79 Å². The fraction of sp³-hybridized carbons (Fsp3) is 0.800. The van der Waals surface area contributed by atoms with Crippen LogP contribution >= 0.6 is 0 Å². The summed E-state index contributed by atoms with van der Waals surface area (Å²) >= 11 is 0. The summed E-state index contributed by atoms with van der Waals surface area (Å²) in [6, 6.07) is 0. The Bertz CT molecular complexity index is 303. The summed E-state index contributed by atoms with van der Waals surface area (Å²) in [5, 5.41) is 0. The predicted octanol–water partition coefficient (Wildman–Crippen LogP) is 2.92. The lowest BCUT2D eigenvalue weighted by Gasteiger charge is -2.25. The van der Waals surface area contributed by atoms with Crippen LogP contribution in [0.1, 0.15) is 40.0 Å². The van der Waals surface area contributed by atoms with E-state index in [-0.39, 0.29) is 5.97 Å². The number of allylic oxidation sites excluding steroid dienone is 1. The molecule has 0 aliphatic carbocycles. The van der Waals surface area contributed by atoms with Gasteiger partial charge in [-0.3, -0.25) is 4.79 Å². The van der Waals surface area contributed by atoms with Gasteiger partial charge in [0.05, 0.1) is 26.7 Å². The standard InChI is InChI=1S/C15H26O4/c1-12(2)13(6-5-7-14(16)17-4)8-9-15(3)18-10-11-19-15/h5-6,12-13H,7-11H2,1-4H3/b6-5+/t13-/m0/s1. The van der Waals surface area contributed by atoms with E-state index in [9.17, 15) is 4.79 Å². The van der Waals surface area contributed by atoms with Crippen molar-refractivity contribution in [2.24, 2.45) is 11.8 Å². The molecule has 4 heteroatoms. The molecule has 1 saturated heterocycles. The summed E-state index contributed by atoms with van der Waals surface area (Å²) in [5.41, 5.74) is 0. The Kier molecular flexibility index (Phi) is 6.52. The van der Waals surface area contributed by atoms with E-state index in [0.717, 1.165) is 12.8 Å². The average Bonchev–Trinajstić information content (AvgIpc) is 2.80. The van der Waals surface area contributed by atoms with Gasteiger partial charge in [-0.15, -0.1) is 0 Å². The zero-order valence-electron chi connectivity index (χ0n) is 12.5. The molecule has 1 aliphatic rings. The zero-order valence-corrected chi connectivity index (χ0v) is 12.5. The molecule has 0 aromatic carbocycles. The van der Waals surface area contributed by atoms with Crippen LogP contribution in [-0.2, 0) is 19.0 Å². The van der Waals surface area contributed by atoms with Gasteiger partial charge in [-0.2, -0.15) is 0 Å². The third-order valence-electron chi connectivity index (χ3n) is 3.58. The molecule has 0 spiro atoms. The molecular weight excluding hydrogens is 244 g/mol. The van der Waals surface area contributed by atoms with Crippen LogP contribution in [0.25, 0.3) is 0 Å². The SMILES string of the molecule is COC(=O)C/C=C/[C@@H](CCC1(C)OCCO1)C(C)C. The minimum Gasteiger partial charge on any atom is -0.469 e. The largest absolute Gasteiger partial charge is 0.469 e. The lowest BCUT2D eigenvalue weighted by atomic mass is 9.89. The Morgan fingerprint density at radius 2 is 2.00 bits per heavy atom. The third-order valence-corrected chi connectivity index (χ3v) is 3.58. The molecule has 1 fully saturated rings. The highest BCUT2D eigenvalue weighted by Crippen LogP contribution is 2.29.